The van der Waals surface area contributed by atoms with Crippen molar-refractivity contribution < 1.29 is 18.7 Å². The molecule has 1 aromatic carbocycles. The summed E-state index contributed by atoms with van der Waals surface area (Å²) in [5.74, 6) is -1.25. The van der Waals surface area contributed by atoms with Crippen molar-refractivity contribution in [1.29, 1.82) is 0 Å². The number of aromatic nitrogens is 1. The van der Waals surface area contributed by atoms with Gasteiger partial charge in [-0.3, -0.25) is 4.79 Å². The van der Waals surface area contributed by atoms with Gasteiger partial charge in [-0.25, -0.2) is 9.18 Å². The fourth-order valence-electron chi connectivity index (χ4n) is 2.28. The fraction of sp³-hybridized carbons (Fsp3) is 0.294. The van der Waals surface area contributed by atoms with E-state index in [0.29, 0.717) is 22.5 Å². The third kappa shape index (κ3) is 3.77. The molecule has 5 nitrogen and oxygen atoms in total. The topological polar surface area (TPSA) is 71.2 Å². The predicted octanol–water partition coefficient (Wildman–Crippen LogP) is 3.59. The molecule has 6 heteroatoms. The molecule has 1 aromatic heterocycles. The van der Waals surface area contributed by atoms with Crippen LogP contribution in [0.4, 0.5) is 10.1 Å². The van der Waals surface area contributed by atoms with Crippen LogP contribution in [0.1, 0.15) is 46.0 Å². The van der Waals surface area contributed by atoms with E-state index in [-0.39, 0.29) is 17.6 Å². The number of esters is 1. The maximum atomic E-state index is 12.9. The van der Waals surface area contributed by atoms with Crippen LogP contribution in [0.25, 0.3) is 0 Å². The lowest BCUT2D eigenvalue weighted by Crippen LogP contribution is -2.15. The fourth-order valence-corrected chi connectivity index (χ4v) is 2.28. The van der Waals surface area contributed by atoms with E-state index < -0.39 is 11.9 Å². The van der Waals surface area contributed by atoms with Crippen LogP contribution in [0, 0.1) is 19.7 Å². The molecule has 0 atom stereocenters. The molecule has 0 aliphatic heterocycles. The van der Waals surface area contributed by atoms with E-state index in [2.05, 4.69) is 10.3 Å². The number of hydrogen-bond donors (Lipinski definition) is 2. The number of carbonyl (C=O) groups excluding carboxylic acids is 2. The average molecular weight is 318 g/mol. The Morgan fingerprint density at radius 3 is 2.35 bits per heavy atom. The third-order valence-electron chi connectivity index (χ3n) is 3.31. The van der Waals surface area contributed by atoms with E-state index >= 15 is 0 Å². The van der Waals surface area contributed by atoms with Gasteiger partial charge in [0.25, 0.3) is 5.91 Å². The van der Waals surface area contributed by atoms with Crippen LogP contribution in [-0.4, -0.2) is 23.0 Å². The van der Waals surface area contributed by atoms with Crippen LogP contribution < -0.4 is 5.32 Å². The quantitative estimate of drug-likeness (QED) is 0.846. The normalized spacial score (nSPS) is 10.7. The molecule has 0 aliphatic carbocycles. The van der Waals surface area contributed by atoms with Gasteiger partial charge in [-0.2, -0.15) is 0 Å². The first-order chi connectivity index (χ1) is 10.8. The number of aryl methyl sites for hydroxylation is 1. The number of carbonyl (C=O) groups is 2. The predicted molar refractivity (Wildman–Crippen MR) is 85.2 cm³/mol. The molecule has 0 spiro atoms. The molecule has 2 N–H and O–H groups in total. The molecule has 0 saturated carbocycles. The molecule has 1 heterocycles. The van der Waals surface area contributed by atoms with Gasteiger partial charge >= 0.3 is 5.97 Å². The summed E-state index contributed by atoms with van der Waals surface area (Å²) in [5, 5.41) is 2.66. The number of rotatable bonds is 4. The van der Waals surface area contributed by atoms with Crippen molar-refractivity contribution in [2.75, 3.05) is 5.32 Å². The van der Waals surface area contributed by atoms with Crippen LogP contribution in [-0.2, 0) is 4.74 Å². The molecular formula is C17H19FN2O3. The van der Waals surface area contributed by atoms with E-state index in [1.807, 2.05) is 0 Å². The zero-order chi connectivity index (χ0) is 17.1. The van der Waals surface area contributed by atoms with Crippen molar-refractivity contribution in [3.63, 3.8) is 0 Å². The van der Waals surface area contributed by atoms with Crippen LogP contribution >= 0.6 is 0 Å². The standard InChI is InChI=1S/C17H19FN2O3/c1-9(2)23-17(22)14-10(3)15(19-11(14)4)16(21)20-13-7-5-12(18)6-8-13/h5-9,19H,1-4H3,(H,20,21). The Labute approximate surface area is 133 Å². The van der Waals surface area contributed by atoms with E-state index in [1.54, 1.807) is 27.7 Å². The second-order valence-corrected chi connectivity index (χ2v) is 5.54. The molecule has 122 valence electrons. The number of hydrogen-bond acceptors (Lipinski definition) is 3. The summed E-state index contributed by atoms with van der Waals surface area (Å²) in [4.78, 5) is 27.4. The molecule has 0 aliphatic rings. The largest absolute Gasteiger partial charge is 0.459 e. The van der Waals surface area contributed by atoms with Gasteiger partial charge in [-0.1, -0.05) is 0 Å². The van der Waals surface area contributed by atoms with E-state index in [9.17, 15) is 14.0 Å². The van der Waals surface area contributed by atoms with Gasteiger partial charge in [0, 0.05) is 11.4 Å². The Balaban J connectivity index is 2.24. The minimum atomic E-state index is -0.466. The Hall–Kier alpha value is -2.63. The van der Waals surface area contributed by atoms with E-state index in [0.717, 1.165) is 0 Å². The minimum Gasteiger partial charge on any atom is -0.459 e. The molecule has 23 heavy (non-hydrogen) atoms. The number of H-pyrrole nitrogens is 1. The molecule has 0 radical (unpaired) electrons. The zero-order valence-corrected chi connectivity index (χ0v) is 13.5. The van der Waals surface area contributed by atoms with Gasteiger partial charge in [-0.15, -0.1) is 0 Å². The summed E-state index contributed by atoms with van der Waals surface area (Å²) < 4.78 is 18.1. The van der Waals surface area contributed by atoms with Crippen molar-refractivity contribution in [2.45, 2.75) is 33.8 Å². The highest BCUT2D eigenvalue weighted by atomic mass is 19.1. The lowest BCUT2D eigenvalue weighted by Gasteiger charge is -2.08. The summed E-state index contributed by atoms with van der Waals surface area (Å²) in [5.41, 5.74) is 2.20. The molecule has 0 unspecified atom stereocenters. The number of anilines is 1. The van der Waals surface area contributed by atoms with Crippen molar-refractivity contribution in [3.05, 3.63) is 52.6 Å². The molecule has 1 amide bonds. The van der Waals surface area contributed by atoms with Gasteiger partial charge < -0.3 is 15.0 Å². The van der Waals surface area contributed by atoms with Gasteiger partial charge in [0.15, 0.2) is 0 Å². The monoisotopic (exact) mass is 318 g/mol. The number of aromatic amines is 1. The first-order valence-corrected chi connectivity index (χ1v) is 7.26. The SMILES string of the molecule is Cc1[nH]c(C(=O)Nc2ccc(F)cc2)c(C)c1C(=O)OC(C)C. The second-order valence-electron chi connectivity index (χ2n) is 5.54. The molecular weight excluding hydrogens is 299 g/mol. The lowest BCUT2D eigenvalue weighted by molar-refractivity contribution is 0.0376. The van der Waals surface area contributed by atoms with Gasteiger partial charge in [0.1, 0.15) is 11.5 Å². The van der Waals surface area contributed by atoms with Crippen LogP contribution in [0.15, 0.2) is 24.3 Å². The highest BCUT2D eigenvalue weighted by molar-refractivity contribution is 6.06. The highest BCUT2D eigenvalue weighted by Gasteiger charge is 2.23. The molecule has 2 rings (SSSR count). The minimum absolute atomic E-state index is 0.243. The maximum Gasteiger partial charge on any atom is 0.340 e. The molecule has 0 bridgehead atoms. The molecule has 0 fully saturated rings. The van der Waals surface area contributed by atoms with Crippen LogP contribution in [0.3, 0.4) is 0 Å². The summed E-state index contributed by atoms with van der Waals surface area (Å²) in [7, 11) is 0. The Morgan fingerprint density at radius 1 is 1.17 bits per heavy atom. The highest BCUT2D eigenvalue weighted by Crippen LogP contribution is 2.21. The Kier molecular flexibility index (Phi) is 4.83. The molecule has 0 saturated heterocycles. The number of ether oxygens (including phenoxy) is 1. The molecule has 2 aromatic rings. The summed E-state index contributed by atoms with van der Waals surface area (Å²) in [6, 6.07) is 5.44. The summed E-state index contributed by atoms with van der Waals surface area (Å²) in [6.07, 6.45) is -0.243. The van der Waals surface area contributed by atoms with Crippen molar-refractivity contribution in [1.82, 2.24) is 4.98 Å². The third-order valence-corrected chi connectivity index (χ3v) is 3.31. The van der Waals surface area contributed by atoms with E-state index in [1.165, 1.54) is 24.3 Å². The number of nitrogens with one attached hydrogen (secondary N) is 2. The summed E-state index contributed by atoms with van der Waals surface area (Å²) in [6.45, 7) is 6.91. The first-order valence-electron chi connectivity index (χ1n) is 7.26. The Morgan fingerprint density at radius 2 is 1.78 bits per heavy atom. The average Bonchev–Trinajstić information content (AvgIpc) is 2.76. The summed E-state index contributed by atoms with van der Waals surface area (Å²) >= 11 is 0. The van der Waals surface area contributed by atoms with Gasteiger partial charge in [0.05, 0.1) is 11.7 Å². The van der Waals surface area contributed by atoms with Crippen LogP contribution in [0.5, 0.6) is 0 Å². The first kappa shape index (κ1) is 16.7. The van der Waals surface area contributed by atoms with Crippen molar-refractivity contribution in [2.24, 2.45) is 0 Å². The smallest absolute Gasteiger partial charge is 0.340 e. The zero-order valence-electron chi connectivity index (χ0n) is 13.5. The van der Waals surface area contributed by atoms with Crippen LogP contribution in [0.2, 0.25) is 0 Å². The Bertz CT molecular complexity index is 733. The van der Waals surface area contributed by atoms with Gasteiger partial charge in [-0.05, 0) is 57.5 Å². The van der Waals surface area contributed by atoms with E-state index in [4.69, 9.17) is 4.74 Å². The lowest BCUT2D eigenvalue weighted by atomic mass is 10.1. The van der Waals surface area contributed by atoms with Crippen molar-refractivity contribution >= 4 is 17.6 Å². The number of benzene rings is 1. The van der Waals surface area contributed by atoms with Gasteiger partial charge in [0.2, 0.25) is 0 Å². The van der Waals surface area contributed by atoms with Crippen molar-refractivity contribution in [3.8, 4) is 0 Å². The maximum absolute atomic E-state index is 12.9. The second kappa shape index (κ2) is 6.64. The number of amides is 1. The number of halogens is 1.